The van der Waals surface area contributed by atoms with Crippen molar-refractivity contribution in [3.8, 4) is 0 Å². The predicted octanol–water partition coefficient (Wildman–Crippen LogP) is 2.68. The van der Waals surface area contributed by atoms with Crippen molar-refractivity contribution in [1.29, 1.82) is 0 Å². The van der Waals surface area contributed by atoms with Gasteiger partial charge in [-0.3, -0.25) is 4.79 Å². The Morgan fingerprint density at radius 2 is 1.95 bits per heavy atom. The second kappa shape index (κ2) is 6.69. The van der Waals surface area contributed by atoms with E-state index in [-0.39, 0.29) is 5.91 Å². The van der Waals surface area contributed by atoms with Crippen LogP contribution in [0.3, 0.4) is 0 Å². The zero-order valence-electron chi connectivity index (χ0n) is 14.1. The third kappa shape index (κ3) is 3.50. The molecule has 1 heterocycles. The van der Waals surface area contributed by atoms with Gasteiger partial charge >= 0.3 is 0 Å². The highest BCUT2D eigenvalue weighted by molar-refractivity contribution is 5.95. The third-order valence-electron chi connectivity index (χ3n) is 4.18. The Kier molecular flexibility index (Phi) is 4.91. The van der Waals surface area contributed by atoms with E-state index in [1.54, 1.807) is 0 Å². The average molecular weight is 299 g/mol. The van der Waals surface area contributed by atoms with E-state index in [1.807, 2.05) is 43.3 Å². The molecule has 4 heteroatoms. The number of aromatic nitrogens is 1. The maximum absolute atomic E-state index is 12.2. The maximum atomic E-state index is 12.2. The molecule has 0 saturated heterocycles. The van der Waals surface area contributed by atoms with Gasteiger partial charge in [-0.25, -0.2) is 0 Å². The van der Waals surface area contributed by atoms with Crippen molar-refractivity contribution in [2.45, 2.75) is 20.3 Å². The molecule has 1 aromatic heterocycles. The third-order valence-corrected chi connectivity index (χ3v) is 4.18. The number of benzene rings is 1. The summed E-state index contributed by atoms with van der Waals surface area (Å²) in [5.41, 5.74) is 5.54. The van der Waals surface area contributed by atoms with E-state index >= 15 is 0 Å². The molecule has 0 saturated carbocycles. The minimum Gasteiger partial charge on any atom is -0.378 e. The standard InChI is InChI=1S/C18H25N3O/c1-13-11-15(14(2)21(13)5)9-10-19-18(22)16-7-6-8-17(12-16)20(3)4/h6-8,11-12H,9-10H2,1-5H3,(H,19,22). The Balaban J connectivity index is 1.95. The number of amides is 1. The Labute approximate surface area is 132 Å². The highest BCUT2D eigenvalue weighted by Crippen LogP contribution is 2.14. The summed E-state index contributed by atoms with van der Waals surface area (Å²) in [5, 5.41) is 3.00. The van der Waals surface area contributed by atoms with Gasteiger partial charge in [0, 0.05) is 50.3 Å². The van der Waals surface area contributed by atoms with Crippen LogP contribution < -0.4 is 10.2 Å². The molecule has 0 aliphatic carbocycles. The van der Waals surface area contributed by atoms with Crippen molar-refractivity contribution in [2.24, 2.45) is 7.05 Å². The number of hydrogen-bond donors (Lipinski definition) is 1. The first-order valence-corrected chi connectivity index (χ1v) is 7.57. The fourth-order valence-corrected chi connectivity index (χ4v) is 2.52. The quantitative estimate of drug-likeness (QED) is 0.921. The van der Waals surface area contributed by atoms with Gasteiger partial charge in [0.2, 0.25) is 0 Å². The van der Waals surface area contributed by atoms with Gasteiger partial charge in [0.1, 0.15) is 0 Å². The monoisotopic (exact) mass is 299 g/mol. The van der Waals surface area contributed by atoms with Gasteiger partial charge in [0.05, 0.1) is 0 Å². The van der Waals surface area contributed by atoms with E-state index in [9.17, 15) is 4.79 Å². The fraction of sp³-hybridized carbons (Fsp3) is 0.389. The highest BCUT2D eigenvalue weighted by atomic mass is 16.1. The molecule has 0 aliphatic rings. The van der Waals surface area contributed by atoms with E-state index in [0.29, 0.717) is 12.1 Å². The molecular weight excluding hydrogens is 274 g/mol. The van der Waals surface area contributed by atoms with Crippen molar-refractivity contribution >= 4 is 11.6 Å². The molecule has 2 rings (SSSR count). The second-order valence-corrected chi connectivity index (χ2v) is 5.91. The van der Waals surface area contributed by atoms with Crippen LogP contribution in [0.25, 0.3) is 0 Å². The molecule has 1 aromatic carbocycles. The zero-order valence-corrected chi connectivity index (χ0v) is 14.1. The molecular formula is C18H25N3O. The van der Waals surface area contributed by atoms with E-state index in [1.165, 1.54) is 17.0 Å². The largest absolute Gasteiger partial charge is 0.378 e. The SMILES string of the molecule is Cc1cc(CCNC(=O)c2cccc(N(C)C)c2)c(C)n1C. The van der Waals surface area contributed by atoms with Gasteiger partial charge in [0.25, 0.3) is 5.91 Å². The van der Waals surface area contributed by atoms with Crippen LogP contribution in [0.5, 0.6) is 0 Å². The summed E-state index contributed by atoms with van der Waals surface area (Å²) in [6.45, 7) is 4.86. The van der Waals surface area contributed by atoms with Crippen LogP contribution in [-0.4, -0.2) is 31.1 Å². The summed E-state index contributed by atoms with van der Waals surface area (Å²) in [6.07, 6.45) is 0.854. The van der Waals surface area contributed by atoms with Crippen LogP contribution in [-0.2, 0) is 13.5 Å². The molecule has 0 radical (unpaired) electrons. The normalized spacial score (nSPS) is 10.6. The summed E-state index contributed by atoms with van der Waals surface area (Å²) in [5.74, 6) is -0.0194. The Hall–Kier alpha value is -2.23. The van der Waals surface area contributed by atoms with E-state index in [0.717, 1.165) is 12.1 Å². The minimum absolute atomic E-state index is 0.0194. The summed E-state index contributed by atoms with van der Waals surface area (Å²) in [6, 6.07) is 9.85. The molecule has 1 N–H and O–H groups in total. The molecule has 0 fully saturated rings. The number of nitrogens with one attached hydrogen (secondary N) is 1. The van der Waals surface area contributed by atoms with Gasteiger partial charge in [0.15, 0.2) is 0 Å². The fourth-order valence-electron chi connectivity index (χ4n) is 2.52. The van der Waals surface area contributed by atoms with Crippen LogP contribution in [0, 0.1) is 13.8 Å². The summed E-state index contributed by atoms with van der Waals surface area (Å²) in [7, 11) is 6.01. The number of carbonyl (C=O) groups excluding carboxylic acids is 1. The molecule has 0 aliphatic heterocycles. The second-order valence-electron chi connectivity index (χ2n) is 5.91. The Morgan fingerprint density at radius 1 is 1.23 bits per heavy atom. The van der Waals surface area contributed by atoms with Crippen molar-refractivity contribution in [3.05, 3.63) is 52.8 Å². The molecule has 0 atom stereocenters. The predicted molar refractivity (Wildman–Crippen MR) is 91.7 cm³/mol. The minimum atomic E-state index is -0.0194. The first-order valence-electron chi connectivity index (χ1n) is 7.57. The number of anilines is 1. The number of rotatable bonds is 5. The van der Waals surface area contributed by atoms with Gasteiger partial charge in [-0.1, -0.05) is 6.07 Å². The molecule has 118 valence electrons. The Bertz CT molecular complexity index is 671. The first kappa shape index (κ1) is 16.1. The number of hydrogen-bond acceptors (Lipinski definition) is 2. The topological polar surface area (TPSA) is 37.3 Å². The smallest absolute Gasteiger partial charge is 0.251 e. The van der Waals surface area contributed by atoms with Crippen LogP contribution in [0.15, 0.2) is 30.3 Å². The highest BCUT2D eigenvalue weighted by Gasteiger charge is 2.09. The van der Waals surface area contributed by atoms with Crippen LogP contribution in [0.1, 0.15) is 27.3 Å². The molecule has 22 heavy (non-hydrogen) atoms. The molecule has 2 aromatic rings. The van der Waals surface area contributed by atoms with E-state index in [4.69, 9.17) is 0 Å². The van der Waals surface area contributed by atoms with Gasteiger partial charge < -0.3 is 14.8 Å². The van der Waals surface area contributed by atoms with E-state index in [2.05, 4.69) is 36.8 Å². The van der Waals surface area contributed by atoms with E-state index < -0.39 is 0 Å². The molecule has 0 unspecified atom stereocenters. The molecule has 1 amide bonds. The summed E-state index contributed by atoms with van der Waals surface area (Å²) < 4.78 is 2.18. The van der Waals surface area contributed by atoms with Gasteiger partial charge in [-0.05, 0) is 50.1 Å². The lowest BCUT2D eigenvalue weighted by atomic mass is 10.1. The van der Waals surface area contributed by atoms with Gasteiger partial charge in [-0.15, -0.1) is 0 Å². The lowest BCUT2D eigenvalue weighted by Gasteiger charge is -2.13. The van der Waals surface area contributed by atoms with Crippen molar-refractivity contribution in [3.63, 3.8) is 0 Å². The first-order chi connectivity index (χ1) is 10.4. The lowest BCUT2D eigenvalue weighted by Crippen LogP contribution is -2.26. The van der Waals surface area contributed by atoms with Crippen molar-refractivity contribution < 1.29 is 4.79 Å². The summed E-state index contributed by atoms with van der Waals surface area (Å²) >= 11 is 0. The zero-order chi connectivity index (χ0) is 16.3. The number of carbonyl (C=O) groups is 1. The Morgan fingerprint density at radius 3 is 2.55 bits per heavy atom. The molecule has 0 bridgehead atoms. The van der Waals surface area contributed by atoms with Gasteiger partial charge in [-0.2, -0.15) is 0 Å². The van der Waals surface area contributed by atoms with Crippen LogP contribution in [0.2, 0.25) is 0 Å². The van der Waals surface area contributed by atoms with Crippen molar-refractivity contribution in [2.75, 3.05) is 25.5 Å². The van der Waals surface area contributed by atoms with Crippen molar-refractivity contribution in [1.82, 2.24) is 9.88 Å². The number of aryl methyl sites for hydroxylation is 1. The van der Waals surface area contributed by atoms with Crippen LogP contribution in [0.4, 0.5) is 5.69 Å². The lowest BCUT2D eigenvalue weighted by molar-refractivity contribution is 0.0954. The average Bonchev–Trinajstić information content (AvgIpc) is 2.74. The van der Waals surface area contributed by atoms with Crippen LogP contribution >= 0.6 is 0 Å². The number of nitrogens with zero attached hydrogens (tertiary/aromatic N) is 2. The maximum Gasteiger partial charge on any atom is 0.251 e. The molecule has 0 spiro atoms. The summed E-state index contributed by atoms with van der Waals surface area (Å²) in [4.78, 5) is 14.2. The molecule has 4 nitrogen and oxygen atoms in total.